The smallest absolute Gasteiger partial charge is 0.310 e. The predicted octanol–water partition coefficient (Wildman–Crippen LogP) is 2.16. The number of hydrogen-bond donors (Lipinski definition) is 1. The summed E-state index contributed by atoms with van der Waals surface area (Å²) < 4.78 is 5.91. The number of carboxylic acid groups (broad SMARTS) is 1. The first-order valence-corrected chi connectivity index (χ1v) is 8.63. The van der Waals surface area contributed by atoms with Gasteiger partial charge in [0, 0.05) is 6.54 Å². The van der Waals surface area contributed by atoms with Crippen LogP contribution in [0.2, 0.25) is 0 Å². The minimum atomic E-state index is -0.937. The molecule has 1 spiro atoms. The number of fused-ring (bicyclic) bond motifs is 1. The van der Waals surface area contributed by atoms with Crippen LogP contribution >= 0.6 is 0 Å². The first kappa shape index (κ1) is 15.6. The SMILES string of the molecule is C=C(C)[C@H]1CC=C(CN2C[C@]34C=C[C@@H](O3)[C@H](C(=O)O)[C@@H]4C2=O)CC1. The fourth-order valence-corrected chi connectivity index (χ4v) is 4.72. The Morgan fingerprint density at radius 1 is 1.54 bits per heavy atom. The second-order valence-electron chi connectivity index (χ2n) is 7.61. The average molecular weight is 329 g/mol. The van der Waals surface area contributed by atoms with E-state index in [1.165, 1.54) is 11.1 Å². The zero-order chi connectivity index (χ0) is 17.1. The van der Waals surface area contributed by atoms with E-state index in [1.54, 1.807) is 4.90 Å². The van der Waals surface area contributed by atoms with E-state index in [0.717, 1.165) is 19.3 Å². The van der Waals surface area contributed by atoms with Crippen molar-refractivity contribution in [1.29, 1.82) is 0 Å². The zero-order valence-corrected chi connectivity index (χ0v) is 13.9. The molecule has 0 radical (unpaired) electrons. The molecule has 3 aliphatic heterocycles. The van der Waals surface area contributed by atoms with Crippen LogP contribution in [0.4, 0.5) is 0 Å². The van der Waals surface area contributed by atoms with E-state index in [9.17, 15) is 14.7 Å². The molecule has 0 saturated carbocycles. The fraction of sp³-hybridized carbons (Fsp3) is 0.579. The maximum Gasteiger partial charge on any atom is 0.310 e. The van der Waals surface area contributed by atoms with Crippen molar-refractivity contribution in [3.8, 4) is 0 Å². The van der Waals surface area contributed by atoms with E-state index in [0.29, 0.717) is 19.0 Å². The summed E-state index contributed by atoms with van der Waals surface area (Å²) in [7, 11) is 0. The Balaban J connectivity index is 1.50. The number of hydrogen-bond acceptors (Lipinski definition) is 3. The van der Waals surface area contributed by atoms with Crippen molar-refractivity contribution in [2.24, 2.45) is 17.8 Å². The van der Waals surface area contributed by atoms with Gasteiger partial charge in [-0.05, 0) is 32.1 Å². The molecule has 0 aromatic rings. The van der Waals surface area contributed by atoms with Gasteiger partial charge in [-0.1, -0.05) is 36.0 Å². The van der Waals surface area contributed by atoms with Crippen molar-refractivity contribution in [3.05, 3.63) is 36.0 Å². The number of ether oxygens (including phenoxy) is 1. The van der Waals surface area contributed by atoms with Gasteiger partial charge < -0.3 is 14.7 Å². The lowest BCUT2D eigenvalue weighted by molar-refractivity contribution is -0.148. The Kier molecular flexibility index (Phi) is 3.46. The zero-order valence-electron chi connectivity index (χ0n) is 13.9. The van der Waals surface area contributed by atoms with Gasteiger partial charge in [-0.15, -0.1) is 0 Å². The molecule has 0 aromatic carbocycles. The summed E-state index contributed by atoms with van der Waals surface area (Å²) >= 11 is 0. The lowest BCUT2D eigenvalue weighted by Crippen LogP contribution is -2.39. The molecule has 24 heavy (non-hydrogen) atoms. The van der Waals surface area contributed by atoms with Crippen LogP contribution in [0.25, 0.3) is 0 Å². The number of likely N-dealkylation sites (tertiary alicyclic amines) is 1. The van der Waals surface area contributed by atoms with E-state index < -0.39 is 29.5 Å². The van der Waals surface area contributed by atoms with Gasteiger partial charge in [0.25, 0.3) is 0 Å². The minimum absolute atomic E-state index is 0.0721. The van der Waals surface area contributed by atoms with Crippen LogP contribution in [-0.4, -0.2) is 46.7 Å². The third-order valence-electron chi connectivity index (χ3n) is 6.06. The largest absolute Gasteiger partial charge is 0.481 e. The van der Waals surface area contributed by atoms with E-state index in [2.05, 4.69) is 19.6 Å². The highest BCUT2D eigenvalue weighted by Crippen LogP contribution is 2.52. The number of carbonyl (C=O) groups is 2. The molecular weight excluding hydrogens is 306 g/mol. The van der Waals surface area contributed by atoms with Crippen molar-refractivity contribution in [1.82, 2.24) is 4.90 Å². The van der Waals surface area contributed by atoms with Gasteiger partial charge in [0.05, 0.1) is 18.6 Å². The van der Waals surface area contributed by atoms with E-state index >= 15 is 0 Å². The normalized spacial score (nSPS) is 40.0. The van der Waals surface area contributed by atoms with E-state index in [1.807, 2.05) is 12.2 Å². The maximum atomic E-state index is 12.8. The van der Waals surface area contributed by atoms with Crippen molar-refractivity contribution in [2.45, 2.75) is 37.9 Å². The number of amides is 1. The second kappa shape index (κ2) is 5.31. The monoisotopic (exact) mass is 329 g/mol. The number of nitrogens with zero attached hydrogens (tertiary/aromatic N) is 1. The van der Waals surface area contributed by atoms with Crippen molar-refractivity contribution in [2.75, 3.05) is 13.1 Å². The van der Waals surface area contributed by atoms with Gasteiger partial charge in [0.1, 0.15) is 11.5 Å². The van der Waals surface area contributed by atoms with Crippen LogP contribution < -0.4 is 0 Å². The van der Waals surface area contributed by atoms with Crippen LogP contribution in [0, 0.1) is 17.8 Å². The molecule has 0 unspecified atom stereocenters. The number of rotatable bonds is 4. The lowest BCUT2D eigenvalue weighted by Gasteiger charge is -2.26. The summed E-state index contributed by atoms with van der Waals surface area (Å²) in [4.78, 5) is 26.2. The molecule has 2 bridgehead atoms. The molecule has 2 fully saturated rings. The van der Waals surface area contributed by atoms with Gasteiger partial charge in [-0.25, -0.2) is 0 Å². The maximum absolute atomic E-state index is 12.8. The van der Waals surface area contributed by atoms with Gasteiger partial charge in [0.15, 0.2) is 0 Å². The molecule has 4 rings (SSSR count). The summed E-state index contributed by atoms with van der Waals surface area (Å²) in [6, 6.07) is 0. The predicted molar refractivity (Wildman–Crippen MR) is 88.2 cm³/mol. The molecule has 5 heteroatoms. The molecular formula is C19H23NO4. The minimum Gasteiger partial charge on any atom is -0.481 e. The van der Waals surface area contributed by atoms with Gasteiger partial charge in [-0.3, -0.25) is 9.59 Å². The Morgan fingerprint density at radius 3 is 2.96 bits per heavy atom. The fourth-order valence-electron chi connectivity index (χ4n) is 4.72. The second-order valence-corrected chi connectivity index (χ2v) is 7.61. The molecule has 128 valence electrons. The molecule has 1 aliphatic carbocycles. The van der Waals surface area contributed by atoms with E-state index in [-0.39, 0.29) is 5.91 Å². The van der Waals surface area contributed by atoms with Crippen LogP contribution in [0.3, 0.4) is 0 Å². The third-order valence-corrected chi connectivity index (χ3v) is 6.06. The van der Waals surface area contributed by atoms with Gasteiger partial charge in [0.2, 0.25) is 5.91 Å². The number of carboxylic acids is 1. The molecule has 5 nitrogen and oxygen atoms in total. The van der Waals surface area contributed by atoms with Crippen molar-refractivity contribution >= 4 is 11.9 Å². The molecule has 1 amide bonds. The Bertz CT molecular complexity index is 679. The summed E-state index contributed by atoms with van der Waals surface area (Å²) in [5.74, 6) is -1.79. The van der Waals surface area contributed by atoms with Crippen molar-refractivity contribution in [3.63, 3.8) is 0 Å². The van der Waals surface area contributed by atoms with Crippen LogP contribution in [0.1, 0.15) is 26.2 Å². The van der Waals surface area contributed by atoms with Crippen molar-refractivity contribution < 1.29 is 19.4 Å². The summed E-state index contributed by atoms with van der Waals surface area (Å²) in [6.45, 7) is 7.16. The van der Waals surface area contributed by atoms with E-state index in [4.69, 9.17) is 4.74 Å². The average Bonchev–Trinajstić information content (AvgIpc) is 3.16. The van der Waals surface area contributed by atoms with Gasteiger partial charge >= 0.3 is 5.97 Å². The van der Waals surface area contributed by atoms with Crippen LogP contribution in [0.15, 0.2) is 36.0 Å². The highest BCUT2D eigenvalue weighted by molar-refractivity contribution is 5.90. The third kappa shape index (κ3) is 2.18. The summed E-state index contributed by atoms with van der Waals surface area (Å²) in [5.41, 5.74) is 1.76. The molecule has 1 N–H and O–H groups in total. The molecule has 4 aliphatic rings. The highest BCUT2D eigenvalue weighted by Gasteiger charge is 2.67. The number of carbonyl (C=O) groups excluding carboxylic acids is 1. The Morgan fingerprint density at radius 2 is 2.33 bits per heavy atom. The molecule has 3 heterocycles. The lowest BCUT2D eigenvalue weighted by atomic mass is 9.77. The van der Waals surface area contributed by atoms with Crippen LogP contribution in [0.5, 0.6) is 0 Å². The van der Waals surface area contributed by atoms with Gasteiger partial charge in [-0.2, -0.15) is 0 Å². The molecule has 0 aromatic heterocycles. The summed E-state index contributed by atoms with van der Waals surface area (Å²) in [6.07, 6.45) is 8.52. The standard InChI is InChI=1S/C19H23NO4/c1-11(2)13-5-3-12(4-6-13)9-20-10-19-8-7-14(24-19)15(18(22)23)16(19)17(20)21/h3,7-8,13-16H,1,4-6,9-10H2,2H3,(H,22,23)/t13-,14+,15-,16+,19-/m0/s1. The summed E-state index contributed by atoms with van der Waals surface area (Å²) in [5, 5.41) is 9.48. The molecule has 5 atom stereocenters. The first-order valence-electron chi connectivity index (χ1n) is 8.63. The Labute approximate surface area is 141 Å². The number of allylic oxidation sites excluding steroid dienone is 2. The first-order chi connectivity index (χ1) is 11.4. The number of aliphatic carboxylic acids is 1. The topological polar surface area (TPSA) is 66.8 Å². The quantitative estimate of drug-likeness (QED) is 0.803. The Hall–Kier alpha value is -1.88. The van der Waals surface area contributed by atoms with Crippen LogP contribution in [-0.2, 0) is 14.3 Å². The highest BCUT2D eigenvalue weighted by atomic mass is 16.5. The molecule has 2 saturated heterocycles.